The molecule has 0 aromatic heterocycles. The fourth-order valence-electron chi connectivity index (χ4n) is 1.45. The lowest BCUT2D eigenvalue weighted by Crippen LogP contribution is -2.31. The SMILES string of the molecule is CCCN(CC)S(=O)(=O)c1ccc(F)cc1. The summed E-state index contributed by atoms with van der Waals surface area (Å²) in [5.74, 6) is -0.433. The van der Waals surface area contributed by atoms with Crippen molar-refractivity contribution in [3.05, 3.63) is 30.1 Å². The summed E-state index contributed by atoms with van der Waals surface area (Å²) in [6, 6.07) is 4.91. The normalized spacial score (nSPS) is 12.0. The van der Waals surface area contributed by atoms with E-state index < -0.39 is 15.8 Å². The van der Waals surface area contributed by atoms with Gasteiger partial charge in [0.15, 0.2) is 0 Å². The van der Waals surface area contributed by atoms with Gasteiger partial charge in [-0.05, 0) is 30.7 Å². The molecule has 3 nitrogen and oxygen atoms in total. The number of benzene rings is 1. The number of hydrogen-bond acceptors (Lipinski definition) is 2. The van der Waals surface area contributed by atoms with Crippen LogP contribution in [0.25, 0.3) is 0 Å². The number of sulfonamides is 1. The van der Waals surface area contributed by atoms with Crippen LogP contribution in [0.1, 0.15) is 20.3 Å². The van der Waals surface area contributed by atoms with E-state index in [2.05, 4.69) is 0 Å². The maximum atomic E-state index is 12.7. The Kier molecular flexibility index (Phi) is 4.44. The fourth-order valence-corrected chi connectivity index (χ4v) is 2.99. The minimum absolute atomic E-state index is 0.143. The van der Waals surface area contributed by atoms with Gasteiger partial charge in [0, 0.05) is 13.1 Å². The molecule has 0 aliphatic rings. The lowest BCUT2D eigenvalue weighted by Gasteiger charge is -2.19. The molecule has 1 aromatic rings. The molecule has 0 fully saturated rings. The minimum atomic E-state index is -3.46. The van der Waals surface area contributed by atoms with Crippen LogP contribution in [0.3, 0.4) is 0 Å². The van der Waals surface area contributed by atoms with E-state index >= 15 is 0 Å². The Hall–Kier alpha value is -0.940. The molecule has 0 amide bonds. The number of hydrogen-bond donors (Lipinski definition) is 0. The Morgan fingerprint density at radius 2 is 1.75 bits per heavy atom. The van der Waals surface area contributed by atoms with Gasteiger partial charge in [0.05, 0.1) is 4.90 Å². The minimum Gasteiger partial charge on any atom is -0.207 e. The summed E-state index contributed by atoms with van der Waals surface area (Å²) >= 11 is 0. The van der Waals surface area contributed by atoms with Crippen molar-refractivity contribution < 1.29 is 12.8 Å². The fraction of sp³-hybridized carbons (Fsp3) is 0.455. The van der Waals surface area contributed by atoms with Crippen molar-refractivity contribution in [2.24, 2.45) is 0 Å². The van der Waals surface area contributed by atoms with E-state index in [0.717, 1.165) is 18.6 Å². The van der Waals surface area contributed by atoms with Gasteiger partial charge in [-0.25, -0.2) is 12.8 Å². The van der Waals surface area contributed by atoms with Crippen molar-refractivity contribution in [1.82, 2.24) is 4.31 Å². The molecule has 0 aliphatic heterocycles. The molecule has 1 rings (SSSR count). The second-order valence-electron chi connectivity index (χ2n) is 3.45. The van der Waals surface area contributed by atoms with Gasteiger partial charge < -0.3 is 0 Å². The summed E-state index contributed by atoms with van der Waals surface area (Å²) in [6.07, 6.45) is 0.758. The van der Waals surface area contributed by atoms with E-state index in [9.17, 15) is 12.8 Å². The van der Waals surface area contributed by atoms with Gasteiger partial charge in [0.1, 0.15) is 5.82 Å². The average Bonchev–Trinajstić information content (AvgIpc) is 2.26. The predicted octanol–water partition coefficient (Wildman–Crippen LogP) is 2.25. The maximum absolute atomic E-state index is 12.7. The zero-order valence-corrected chi connectivity index (χ0v) is 10.3. The Morgan fingerprint density at radius 1 is 1.19 bits per heavy atom. The van der Waals surface area contributed by atoms with Gasteiger partial charge in [0.2, 0.25) is 10.0 Å². The Morgan fingerprint density at radius 3 is 2.19 bits per heavy atom. The molecule has 90 valence electrons. The van der Waals surface area contributed by atoms with Crippen LogP contribution in [0.5, 0.6) is 0 Å². The molecule has 16 heavy (non-hydrogen) atoms. The first-order chi connectivity index (χ1) is 7.52. The van der Waals surface area contributed by atoms with E-state index in [1.165, 1.54) is 16.4 Å². The topological polar surface area (TPSA) is 37.4 Å². The van der Waals surface area contributed by atoms with Crippen molar-refractivity contribution in [1.29, 1.82) is 0 Å². The van der Waals surface area contributed by atoms with Crippen LogP contribution in [0.15, 0.2) is 29.2 Å². The van der Waals surface area contributed by atoms with Crippen LogP contribution in [0, 0.1) is 5.82 Å². The van der Waals surface area contributed by atoms with E-state index in [1.54, 1.807) is 6.92 Å². The van der Waals surface area contributed by atoms with Crippen molar-refractivity contribution in [2.45, 2.75) is 25.2 Å². The molecular formula is C11H16FNO2S. The quantitative estimate of drug-likeness (QED) is 0.798. The zero-order valence-electron chi connectivity index (χ0n) is 9.48. The molecule has 0 saturated heterocycles. The third-order valence-electron chi connectivity index (χ3n) is 2.28. The van der Waals surface area contributed by atoms with Crippen molar-refractivity contribution >= 4 is 10.0 Å². The molecule has 0 saturated carbocycles. The van der Waals surface area contributed by atoms with Crippen LogP contribution in [0.2, 0.25) is 0 Å². The molecule has 0 aliphatic carbocycles. The third-order valence-corrected chi connectivity index (χ3v) is 4.27. The van der Waals surface area contributed by atoms with Crippen LogP contribution in [-0.2, 0) is 10.0 Å². The monoisotopic (exact) mass is 245 g/mol. The molecule has 0 radical (unpaired) electrons. The summed E-state index contributed by atoms with van der Waals surface area (Å²) in [5, 5.41) is 0. The van der Waals surface area contributed by atoms with Crippen LogP contribution in [-0.4, -0.2) is 25.8 Å². The highest BCUT2D eigenvalue weighted by Crippen LogP contribution is 2.16. The first kappa shape index (κ1) is 13.1. The Bertz CT molecular complexity index is 428. The van der Waals surface area contributed by atoms with E-state index in [1.807, 2.05) is 6.92 Å². The standard InChI is InChI=1S/C11H16FNO2S/c1-3-9-13(4-2)16(14,15)11-7-5-10(12)6-8-11/h5-8H,3-4,9H2,1-2H3. The highest BCUT2D eigenvalue weighted by molar-refractivity contribution is 7.89. The lowest BCUT2D eigenvalue weighted by molar-refractivity contribution is 0.427. The first-order valence-corrected chi connectivity index (χ1v) is 6.72. The highest BCUT2D eigenvalue weighted by Gasteiger charge is 2.21. The molecule has 0 N–H and O–H groups in total. The largest absolute Gasteiger partial charge is 0.243 e. The summed E-state index contributed by atoms with van der Waals surface area (Å²) in [6.45, 7) is 4.61. The summed E-state index contributed by atoms with van der Waals surface area (Å²) in [7, 11) is -3.46. The van der Waals surface area contributed by atoms with E-state index in [-0.39, 0.29) is 4.90 Å². The molecule has 5 heteroatoms. The van der Waals surface area contributed by atoms with E-state index in [4.69, 9.17) is 0 Å². The number of rotatable bonds is 5. The van der Waals surface area contributed by atoms with E-state index in [0.29, 0.717) is 13.1 Å². The summed E-state index contributed by atoms with van der Waals surface area (Å²) in [4.78, 5) is 0.143. The van der Waals surface area contributed by atoms with Gasteiger partial charge in [-0.2, -0.15) is 4.31 Å². The zero-order chi connectivity index (χ0) is 12.2. The summed E-state index contributed by atoms with van der Waals surface area (Å²) in [5.41, 5.74) is 0. The molecule has 0 unspecified atom stereocenters. The number of nitrogens with zero attached hydrogens (tertiary/aromatic N) is 1. The summed E-state index contributed by atoms with van der Waals surface area (Å²) < 4.78 is 38.2. The molecular weight excluding hydrogens is 229 g/mol. The first-order valence-electron chi connectivity index (χ1n) is 5.28. The molecule has 0 spiro atoms. The maximum Gasteiger partial charge on any atom is 0.243 e. The van der Waals surface area contributed by atoms with Crippen molar-refractivity contribution in [3.8, 4) is 0 Å². The van der Waals surface area contributed by atoms with Gasteiger partial charge in [0.25, 0.3) is 0 Å². The Balaban J connectivity index is 3.04. The van der Waals surface area contributed by atoms with Gasteiger partial charge in [-0.1, -0.05) is 13.8 Å². The van der Waals surface area contributed by atoms with Gasteiger partial charge in [-0.15, -0.1) is 0 Å². The van der Waals surface area contributed by atoms with Gasteiger partial charge in [-0.3, -0.25) is 0 Å². The lowest BCUT2D eigenvalue weighted by atomic mass is 10.4. The second-order valence-corrected chi connectivity index (χ2v) is 5.39. The Labute approximate surface area is 95.9 Å². The van der Waals surface area contributed by atoms with Crippen molar-refractivity contribution in [2.75, 3.05) is 13.1 Å². The predicted molar refractivity (Wildman–Crippen MR) is 61.1 cm³/mol. The molecule has 1 aromatic carbocycles. The van der Waals surface area contributed by atoms with Gasteiger partial charge >= 0.3 is 0 Å². The van der Waals surface area contributed by atoms with Crippen LogP contribution in [0.4, 0.5) is 4.39 Å². The second kappa shape index (κ2) is 5.41. The third kappa shape index (κ3) is 2.80. The molecule has 0 heterocycles. The van der Waals surface area contributed by atoms with Crippen LogP contribution >= 0.6 is 0 Å². The molecule has 0 atom stereocenters. The molecule has 0 bridgehead atoms. The highest BCUT2D eigenvalue weighted by atomic mass is 32.2. The smallest absolute Gasteiger partial charge is 0.207 e. The van der Waals surface area contributed by atoms with Crippen molar-refractivity contribution in [3.63, 3.8) is 0 Å². The number of halogens is 1. The van der Waals surface area contributed by atoms with Crippen LogP contribution < -0.4 is 0 Å². The average molecular weight is 245 g/mol.